The van der Waals surface area contributed by atoms with Gasteiger partial charge in [-0.3, -0.25) is 0 Å². The van der Waals surface area contributed by atoms with Gasteiger partial charge in [-0.25, -0.2) is 9.59 Å². The van der Waals surface area contributed by atoms with E-state index in [1.807, 2.05) is 25.2 Å². The molecule has 2 saturated heterocycles. The maximum absolute atomic E-state index is 14.9. The average molecular weight is 880 g/mol. The standard InChI is InChI=1S/C56H69N3O6/c1-5-35(27-36-12-7-6-8-13-36)29-48-56-24-22-43(50(53(56)55(63)65-48)46-31-41(61)17-18-42(46)39-15-9-14-37(28-39)32-57-4)44-19-20-45-47(64-54(62)51(45)52(44)56)21-16-40(33-60)38-23-26-59-49(30-38)58-25-10-11-34(2)3/h6-9,12-15,17-18,21,28-29,31,34-35,38,40,43-44,49,52,57-61H,5,10-11,16,19-20,22-27,30,32-33H2,1-4H3/b47-21?,48-29-/t35-,38+,40+,43+,44-,49-,52+,56+/m0/s1. The largest absolute Gasteiger partial charge is 0.508 e. The smallest absolute Gasteiger partial charge is 0.340 e. The summed E-state index contributed by atoms with van der Waals surface area (Å²) >= 11 is 0. The molecule has 3 aliphatic heterocycles. The first-order valence-electron chi connectivity index (χ1n) is 24.7. The van der Waals surface area contributed by atoms with E-state index in [1.165, 1.54) is 12.0 Å². The molecule has 3 aromatic carbocycles. The van der Waals surface area contributed by atoms with Gasteiger partial charge in [0, 0.05) is 30.2 Å². The lowest BCUT2D eigenvalue weighted by atomic mass is 9.44. The van der Waals surface area contributed by atoms with Crippen LogP contribution in [0.1, 0.15) is 102 Å². The zero-order valence-electron chi connectivity index (χ0n) is 38.8. The van der Waals surface area contributed by atoms with Crippen molar-refractivity contribution in [2.75, 3.05) is 26.7 Å². The summed E-state index contributed by atoms with van der Waals surface area (Å²) in [6, 6.07) is 24.5. The van der Waals surface area contributed by atoms with E-state index in [2.05, 4.69) is 97.4 Å². The van der Waals surface area contributed by atoms with Crippen molar-refractivity contribution in [3.63, 3.8) is 0 Å². The molecule has 3 fully saturated rings. The number of hydrogen-bond acceptors (Lipinski definition) is 9. The third kappa shape index (κ3) is 8.82. The number of phenols is 1. The highest BCUT2D eigenvalue weighted by Gasteiger charge is 2.68. The molecule has 8 atom stereocenters. The predicted octanol–water partition coefficient (Wildman–Crippen LogP) is 9.77. The molecule has 0 aromatic heterocycles. The van der Waals surface area contributed by atoms with Crippen LogP contribution in [0.15, 0.2) is 113 Å². The van der Waals surface area contributed by atoms with Gasteiger partial charge in [0.2, 0.25) is 0 Å². The monoisotopic (exact) mass is 880 g/mol. The first-order chi connectivity index (χ1) is 31.6. The number of aromatic hydroxyl groups is 1. The van der Waals surface area contributed by atoms with Crippen molar-refractivity contribution in [3.8, 4) is 16.9 Å². The lowest BCUT2D eigenvalue weighted by Gasteiger charge is -2.56. The molecule has 9 nitrogen and oxygen atoms in total. The SMILES string of the molecule is CC[C@H](/C=C1\OC(=O)C2=C(c3cc(O)ccc3-c3cccc(CNC)c3)[C@@H]3CC[C@@]21[C@H]1C2=C(CC[C@@H]31)C(=CC[C@H](CO)[C@@H]1CCN[C@H](NCCCC(C)C)C1)OC2=O)Cc1ccccc1. The minimum atomic E-state index is -0.873. The number of allylic oxidation sites excluding steroid dienone is 5. The van der Waals surface area contributed by atoms with Crippen LogP contribution in [0.5, 0.6) is 5.75 Å². The molecule has 344 valence electrons. The van der Waals surface area contributed by atoms with Crippen LogP contribution in [-0.4, -0.2) is 55.1 Å². The van der Waals surface area contributed by atoms with Gasteiger partial charge in [-0.05, 0) is 190 Å². The van der Waals surface area contributed by atoms with E-state index in [4.69, 9.17) is 9.47 Å². The fourth-order valence-corrected chi connectivity index (χ4v) is 12.7. The van der Waals surface area contributed by atoms with Crippen molar-refractivity contribution in [2.45, 2.75) is 104 Å². The Balaban J connectivity index is 1.11. The molecular formula is C56H69N3O6. The lowest BCUT2D eigenvalue weighted by molar-refractivity contribution is -0.135. The van der Waals surface area contributed by atoms with Gasteiger partial charge in [0.1, 0.15) is 17.3 Å². The van der Waals surface area contributed by atoms with E-state index < -0.39 is 5.41 Å². The van der Waals surface area contributed by atoms with Crippen LogP contribution in [0.2, 0.25) is 0 Å². The number of aliphatic hydroxyl groups excluding tert-OH is 1. The number of carbonyl (C=O) groups excluding carboxylic acids is 2. The number of ether oxygens (including phenoxy) is 2. The number of cyclic esters (lactones) is 2. The lowest BCUT2D eigenvalue weighted by Crippen LogP contribution is -2.52. The van der Waals surface area contributed by atoms with Gasteiger partial charge in [0.05, 0.1) is 17.2 Å². The Bertz CT molecular complexity index is 2380. The van der Waals surface area contributed by atoms with Crippen LogP contribution < -0.4 is 16.0 Å². The van der Waals surface area contributed by atoms with Crippen molar-refractivity contribution >= 4 is 17.5 Å². The summed E-state index contributed by atoms with van der Waals surface area (Å²) in [7, 11) is 1.94. The van der Waals surface area contributed by atoms with E-state index in [0.717, 1.165) is 91.4 Å². The van der Waals surface area contributed by atoms with Gasteiger partial charge in [-0.15, -0.1) is 0 Å². The van der Waals surface area contributed by atoms with Crippen molar-refractivity contribution in [3.05, 3.63) is 130 Å². The minimum Gasteiger partial charge on any atom is -0.508 e. The van der Waals surface area contributed by atoms with E-state index in [-0.39, 0.29) is 60.1 Å². The quantitative estimate of drug-likeness (QED) is 0.0665. The normalized spacial score (nSPS) is 28.1. The molecule has 1 saturated carbocycles. The number of benzene rings is 3. The van der Waals surface area contributed by atoms with Crippen molar-refractivity contribution in [1.29, 1.82) is 0 Å². The van der Waals surface area contributed by atoms with Crippen LogP contribution in [0, 0.1) is 46.8 Å². The number of aliphatic hydroxyl groups is 1. The number of hydrogen-bond donors (Lipinski definition) is 5. The summed E-state index contributed by atoms with van der Waals surface area (Å²) in [5.74, 6) is 1.69. The Morgan fingerprint density at radius 3 is 2.55 bits per heavy atom. The van der Waals surface area contributed by atoms with Gasteiger partial charge in [-0.2, -0.15) is 0 Å². The van der Waals surface area contributed by atoms with Crippen LogP contribution in [-0.2, 0) is 32.0 Å². The van der Waals surface area contributed by atoms with Gasteiger partial charge in [0.25, 0.3) is 0 Å². The van der Waals surface area contributed by atoms with Gasteiger partial charge in [0.15, 0.2) is 0 Å². The molecule has 0 radical (unpaired) electrons. The van der Waals surface area contributed by atoms with Crippen molar-refractivity contribution in [2.24, 2.45) is 46.8 Å². The van der Waals surface area contributed by atoms with Gasteiger partial charge in [-0.1, -0.05) is 75.4 Å². The summed E-state index contributed by atoms with van der Waals surface area (Å²) in [5, 5.41) is 32.6. The Labute approximate surface area is 385 Å². The Hall–Kier alpha value is -4.80. The van der Waals surface area contributed by atoms with Gasteiger partial charge >= 0.3 is 11.9 Å². The highest BCUT2D eigenvalue weighted by molar-refractivity contribution is 6.07. The second kappa shape index (κ2) is 19.6. The van der Waals surface area contributed by atoms with Crippen LogP contribution in [0.3, 0.4) is 0 Å². The highest BCUT2D eigenvalue weighted by atomic mass is 16.5. The molecule has 7 aliphatic rings. The highest BCUT2D eigenvalue weighted by Crippen LogP contribution is 2.72. The number of rotatable bonds is 17. The molecule has 65 heavy (non-hydrogen) atoms. The summed E-state index contributed by atoms with van der Waals surface area (Å²) in [6.45, 7) is 9.38. The van der Waals surface area contributed by atoms with E-state index in [9.17, 15) is 19.8 Å². The number of carbonyl (C=O) groups is 2. The Morgan fingerprint density at radius 1 is 0.938 bits per heavy atom. The van der Waals surface area contributed by atoms with Crippen molar-refractivity contribution in [1.82, 2.24) is 16.0 Å². The summed E-state index contributed by atoms with van der Waals surface area (Å²) in [5.41, 5.74) is 7.60. The fraction of sp³-hybridized carbons (Fsp3) is 0.500. The molecule has 3 aromatic rings. The third-order valence-corrected chi connectivity index (χ3v) is 15.8. The summed E-state index contributed by atoms with van der Waals surface area (Å²) in [4.78, 5) is 29.5. The predicted molar refractivity (Wildman–Crippen MR) is 256 cm³/mol. The van der Waals surface area contributed by atoms with Crippen LogP contribution in [0.4, 0.5) is 0 Å². The van der Waals surface area contributed by atoms with E-state index in [1.54, 1.807) is 6.07 Å². The van der Waals surface area contributed by atoms with Gasteiger partial charge < -0.3 is 35.6 Å². The second-order valence-electron chi connectivity index (χ2n) is 20.1. The molecule has 9 heteroatoms. The molecule has 4 aliphatic carbocycles. The third-order valence-electron chi connectivity index (χ3n) is 15.8. The summed E-state index contributed by atoms with van der Waals surface area (Å²) < 4.78 is 12.9. The number of nitrogens with one attached hydrogen (secondary N) is 3. The number of piperidine rings is 1. The molecule has 0 amide bonds. The van der Waals surface area contributed by atoms with Crippen molar-refractivity contribution < 1.29 is 29.3 Å². The second-order valence-corrected chi connectivity index (χ2v) is 20.1. The Kier molecular flexibility index (Phi) is 13.7. The maximum atomic E-state index is 14.9. The number of phenolic OH excluding ortho intramolecular Hbond substituents is 1. The fourth-order valence-electron chi connectivity index (χ4n) is 12.7. The molecular weight excluding hydrogens is 811 g/mol. The molecule has 10 rings (SSSR count). The molecule has 2 bridgehead atoms. The van der Waals surface area contributed by atoms with Crippen LogP contribution in [0.25, 0.3) is 16.7 Å². The minimum absolute atomic E-state index is 0.0309. The number of fused-ring (bicyclic) bond motifs is 1. The first-order valence-corrected chi connectivity index (χ1v) is 24.7. The number of esters is 2. The summed E-state index contributed by atoms with van der Waals surface area (Å²) in [6.07, 6.45) is 14.1. The first kappa shape index (κ1) is 45.4. The van der Waals surface area contributed by atoms with E-state index >= 15 is 0 Å². The molecule has 1 spiro atoms. The maximum Gasteiger partial charge on any atom is 0.340 e. The molecule has 0 unspecified atom stereocenters. The topological polar surface area (TPSA) is 129 Å². The zero-order valence-corrected chi connectivity index (χ0v) is 38.8. The molecule has 5 N–H and O–H groups in total. The van der Waals surface area contributed by atoms with Crippen LogP contribution >= 0.6 is 0 Å². The van der Waals surface area contributed by atoms with E-state index in [0.29, 0.717) is 60.3 Å². The Morgan fingerprint density at radius 2 is 1.77 bits per heavy atom. The molecule has 3 heterocycles. The zero-order chi connectivity index (χ0) is 45.2. The average Bonchev–Trinajstić information content (AvgIpc) is 3.80.